The van der Waals surface area contributed by atoms with Gasteiger partial charge in [0.2, 0.25) is 0 Å². The number of nitrogens with zero attached hydrogens (tertiary/aromatic N) is 2. The zero-order chi connectivity index (χ0) is 22.4. The molecule has 0 bridgehead atoms. The van der Waals surface area contributed by atoms with Crippen LogP contribution in [0.1, 0.15) is 22.3 Å². The minimum atomic E-state index is -1.00. The number of amides is 1. The van der Waals surface area contributed by atoms with E-state index in [4.69, 9.17) is 14.2 Å². The van der Waals surface area contributed by atoms with Gasteiger partial charge in [-0.05, 0) is 11.6 Å². The molecule has 1 amide bonds. The van der Waals surface area contributed by atoms with Crippen LogP contribution in [0.5, 0.6) is 0 Å². The van der Waals surface area contributed by atoms with E-state index in [2.05, 4.69) is 0 Å². The number of likely N-dealkylation sites (tertiary alicyclic amines) is 1. The molecule has 0 saturated carbocycles. The highest BCUT2D eigenvalue weighted by atomic mass is 16.6. The monoisotopic (exact) mass is 428 g/mol. The number of nitro groups is 1. The van der Waals surface area contributed by atoms with Gasteiger partial charge in [0.05, 0.1) is 18.6 Å². The molecule has 162 valence electrons. The Kier molecular flexibility index (Phi) is 6.81. The van der Waals surface area contributed by atoms with Crippen molar-refractivity contribution in [2.45, 2.75) is 25.2 Å². The molecule has 1 aliphatic heterocycles. The first-order chi connectivity index (χ1) is 14.9. The first-order valence-corrected chi connectivity index (χ1v) is 9.40. The molecule has 31 heavy (non-hydrogen) atoms. The summed E-state index contributed by atoms with van der Waals surface area (Å²) in [5.41, 5.74) is 0.158. The Morgan fingerprint density at radius 2 is 1.77 bits per heavy atom. The minimum absolute atomic E-state index is 0.00469. The quantitative estimate of drug-likeness (QED) is 0.298. The summed E-state index contributed by atoms with van der Waals surface area (Å²) in [6.07, 6.45) is -1.64. The van der Waals surface area contributed by atoms with E-state index < -0.39 is 40.8 Å². The van der Waals surface area contributed by atoms with Crippen LogP contribution >= 0.6 is 0 Å². The second-order valence-electron chi connectivity index (χ2n) is 6.77. The fraction of sp³-hybridized carbons (Fsp3) is 0.286. The number of rotatable bonds is 6. The van der Waals surface area contributed by atoms with Crippen molar-refractivity contribution in [3.05, 3.63) is 75.8 Å². The van der Waals surface area contributed by atoms with Crippen LogP contribution in [-0.2, 0) is 25.6 Å². The van der Waals surface area contributed by atoms with Crippen molar-refractivity contribution < 1.29 is 33.5 Å². The molecule has 2 aromatic rings. The van der Waals surface area contributed by atoms with Gasteiger partial charge in [-0.25, -0.2) is 14.4 Å². The number of hydrogen-bond donors (Lipinski definition) is 0. The molecule has 10 nitrogen and oxygen atoms in total. The van der Waals surface area contributed by atoms with E-state index in [0.29, 0.717) is 0 Å². The zero-order valence-electron chi connectivity index (χ0n) is 16.6. The lowest BCUT2D eigenvalue weighted by Crippen LogP contribution is -2.41. The van der Waals surface area contributed by atoms with Gasteiger partial charge in [0.1, 0.15) is 24.3 Å². The number of ether oxygens (including phenoxy) is 3. The van der Waals surface area contributed by atoms with Crippen molar-refractivity contribution in [1.29, 1.82) is 0 Å². The van der Waals surface area contributed by atoms with Crippen molar-refractivity contribution in [1.82, 2.24) is 4.90 Å². The van der Waals surface area contributed by atoms with E-state index in [1.54, 1.807) is 24.3 Å². The number of benzene rings is 2. The summed E-state index contributed by atoms with van der Waals surface area (Å²) in [5, 5.41) is 11.1. The lowest BCUT2D eigenvalue weighted by molar-refractivity contribution is -0.385. The first kappa shape index (κ1) is 21.8. The Morgan fingerprint density at radius 3 is 2.45 bits per heavy atom. The molecule has 0 radical (unpaired) electrons. The molecule has 0 N–H and O–H groups in total. The highest BCUT2D eigenvalue weighted by Gasteiger charge is 2.43. The van der Waals surface area contributed by atoms with Gasteiger partial charge in [0.25, 0.3) is 5.69 Å². The average Bonchev–Trinajstić information content (AvgIpc) is 3.21. The Balaban J connectivity index is 1.69. The molecule has 10 heteroatoms. The van der Waals surface area contributed by atoms with Crippen LogP contribution in [-0.4, -0.2) is 53.7 Å². The number of para-hydroxylation sites is 1. The van der Waals surface area contributed by atoms with E-state index in [0.717, 1.165) is 10.5 Å². The molecule has 2 atom stereocenters. The molecule has 1 saturated heterocycles. The maximum atomic E-state index is 12.6. The summed E-state index contributed by atoms with van der Waals surface area (Å²) < 4.78 is 15.4. The van der Waals surface area contributed by atoms with Crippen LogP contribution in [0, 0.1) is 10.1 Å². The van der Waals surface area contributed by atoms with E-state index in [1.807, 2.05) is 6.07 Å². The molecule has 1 aliphatic rings. The Labute approximate surface area is 177 Å². The third kappa shape index (κ3) is 5.16. The molecule has 0 aromatic heterocycles. The summed E-state index contributed by atoms with van der Waals surface area (Å²) >= 11 is 0. The van der Waals surface area contributed by atoms with Crippen LogP contribution in [0.3, 0.4) is 0 Å². The first-order valence-electron chi connectivity index (χ1n) is 9.40. The highest BCUT2D eigenvalue weighted by molar-refractivity contribution is 5.94. The molecule has 1 fully saturated rings. The standard InChI is InChI=1S/C21H20N2O8/c1-29-20(25)18-11-15(31-19(24)16-9-5-6-10-17(16)23(27)28)12-22(18)21(26)30-13-14-7-3-2-4-8-14/h2-10,15,18H,11-13H2,1H3/t15?,18-/m0/s1. The van der Waals surface area contributed by atoms with Crippen molar-refractivity contribution in [2.24, 2.45) is 0 Å². The van der Waals surface area contributed by atoms with Crippen molar-refractivity contribution >= 4 is 23.7 Å². The lowest BCUT2D eigenvalue weighted by Gasteiger charge is -2.21. The molecular formula is C21H20N2O8. The second kappa shape index (κ2) is 9.70. The largest absolute Gasteiger partial charge is 0.467 e. The molecule has 3 rings (SSSR count). The molecule has 0 spiro atoms. The topological polar surface area (TPSA) is 125 Å². The summed E-state index contributed by atoms with van der Waals surface area (Å²) in [4.78, 5) is 48.8. The Morgan fingerprint density at radius 1 is 1.10 bits per heavy atom. The zero-order valence-corrected chi connectivity index (χ0v) is 16.6. The van der Waals surface area contributed by atoms with Crippen molar-refractivity contribution in [3.8, 4) is 0 Å². The third-order valence-electron chi connectivity index (χ3n) is 4.77. The van der Waals surface area contributed by atoms with Crippen LogP contribution < -0.4 is 0 Å². The van der Waals surface area contributed by atoms with Crippen molar-refractivity contribution in [3.63, 3.8) is 0 Å². The molecule has 0 aliphatic carbocycles. The number of esters is 2. The maximum absolute atomic E-state index is 12.6. The summed E-state index contributed by atoms with van der Waals surface area (Å²) in [6.45, 7) is -0.107. The van der Waals surface area contributed by atoms with E-state index in [-0.39, 0.29) is 25.1 Å². The van der Waals surface area contributed by atoms with E-state index in [9.17, 15) is 24.5 Å². The molecule has 1 unspecified atom stereocenters. The van der Waals surface area contributed by atoms with E-state index in [1.165, 1.54) is 31.4 Å². The van der Waals surface area contributed by atoms with Crippen LogP contribution in [0.4, 0.5) is 10.5 Å². The van der Waals surface area contributed by atoms with Gasteiger partial charge in [-0.3, -0.25) is 15.0 Å². The minimum Gasteiger partial charge on any atom is -0.467 e. The Bertz CT molecular complexity index is 978. The number of nitro benzene ring substituents is 1. The molecule has 1 heterocycles. The summed E-state index contributed by atoms with van der Waals surface area (Å²) in [5.74, 6) is -1.60. The van der Waals surface area contributed by atoms with Gasteiger partial charge in [-0.15, -0.1) is 0 Å². The predicted octanol–water partition coefficient (Wildman–Crippen LogP) is 2.70. The van der Waals surface area contributed by atoms with Gasteiger partial charge < -0.3 is 14.2 Å². The molecular weight excluding hydrogens is 408 g/mol. The predicted molar refractivity (Wildman–Crippen MR) is 106 cm³/mol. The normalized spacial score (nSPS) is 17.6. The fourth-order valence-corrected chi connectivity index (χ4v) is 3.27. The number of hydrogen-bond acceptors (Lipinski definition) is 8. The molecule has 2 aromatic carbocycles. The number of carbonyl (C=O) groups excluding carboxylic acids is 3. The maximum Gasteiger partial charge on any atom is 0.410 e. The fourth-order valence-electron chi connectivity index (χ4n) is 3.27. The van der Waals surface area contributed by atoms with Crippen LogP contribution in [0.25, 0.3) is 0 Å². The van der Waals surface area contributed by atoms with E-state index >= 15 is 0 Å². The van der Waals surface area contributed by atoms with Gasteiger partial charge in [-0.2, -0.15) is 0 Å². The van der Waals surface area contributed by atoms with Crippen LogP contribution in [0.2, 0.25) is 0 Å². The van der Waals surface area contributed by atoms with Gasteiger partial charge in [-0.1, -0.05) is 42.5 Å². The average molecular weight is 428 g/mol. The Hall–Kier alpha value is -3.95. The van der Waals surface area contributed by atoms with Gasteiger partial charge >= 0.3 is 18.0 Å². The summed E-state index contributed by atoms with van der Waals surface area (Å²) in [6, 6.07) is 13.4. The SMILES string of the molecule is COC(=O)[C@@H]1CC(OC(=O)c2ccccc2[N+](=O)[O-])CN1C(=O)OCc1ccccc1. The summed E-state index contributed by atoms with van der Waals surface area (Å²) in [7, 11) is 1.18. The van der Waals surface area contributed by atoms with Gasteiger partial charge in [0.15, 0.2) is 0 Å². The third-order valence-corrected chi connectivity index (χ3v) is 4.77. The lowest BCUT2D eigenvalue weighted by atomic mass is 10.1. The smallest absolute Gasteiger partial charge is 0.410 e. The van der Waals surface area contributed by atoms with Crippen molar-refractivity contribution in [2.75, 3.05) is 13.7 Å². The van der Waals surface area contributed by atoms with Crippen LogP contribution in [0.15, 0.2) is 54.6 Å². The highest BCUT2D eigenvalue weighted by Crippen LogP contribution is 2.26. The number of carbonyl (C=O) groups is 3. The number of methoxy groups -OCH3 is 1. The van der Waals surface area contributed by atoms with Gasteiger partial charge in [0, 0.05) is 12.5 Å². The second-order valence-corrected chi connectivity index (χ2v) is 6.77.